The van der Waals surface area contributed by atoms with Crippen LogP contribution >= 0.6 is 0 Å². The summed E-state index contributed by atoms with van der Waals surface area (Å²) >= 11 is 0. The molecule has 3 amide bonds. The van der Waals surface area contributed by atoms with Crippen LogP contribution in [0.15, 0.2) is 24.3 Å². The molecule has 1 aromatic carbocycles. The Bertz CT molecular complexity index is 780. The van der Waals surface area contributed by atoms with E-state index in [9.17, 15) is 14.4 Å². The van der Waals surface area contributed by atoms with E-state index in [1.807, 2.05) is 24.3 Å². The monoisotopic (exact) mass is 373 g/mol. The van der Waals surface area contributed by atoms with E-state index in [0.717, 1.165) is 17.7 Å². The Hall–Kier alpha value is -2.61. The van der Waals surface area contributed by atoms with Crippen molar-refractivity contribution in [2.24, 2.45) is 5.92 Å². The molecule has 0 aromatic heterocycles. The Kier molecular flexibility index (Phi) is 4.30. The SMILES string of the molecule is CC(=O)NC[C@H]1CN(c2ccc([C@]34C[C@H]3CN(C(=O)CO)C4)cc2)C(=O)O1. The summed E-state index contributed by atoms with van der Waals surface area (Å²) in [7, 11) is 0. The summed E-state index contributed by atoms with van der Waals surface area (Å²) in [6.07, 6.45) is 0.271. The van der Waals surface area contributed by atoms with Crippen LogP contribution in [0, 0.1) is 5.92 Å². The third-order valence-corrected chi connectivity index (χ3v) is 5.84. The molecule has 0 unspecified atom stereocenters. The minimum absolute atomic E-state index is 0.0111. The number of carbonyl (C=O) groups is 3. The molecule has 0 spiro atoms. The van der Waals surface area contributed by atoms with Crippen molar-refractivity contribution in [2.75, 3.05) is 37.7 Å². The highest BCUT2D eigenvalue weighted by molar-refractivity contribution is 5.89. The van der Waals surface area contributed by atoms with Gasteiger partial charge < -0.3 is 20.1 Å². The second kappa shape index (κ2) is 6.53. The van der Waals surface area contributed by atoms with Gasteiger partial charge in [0, 0.05) is 31.1 Å². The Morgan fingerprint density at radius 3 is 2.70 bits per heavy atom. The maximum Gasteiger partial charge on any atom is 0.414 e. The number of aliphatic hydroxyl groups is 1. The molecule has 2 N–H and O–H groups in total. The zero-order valence-corrected chi connectivity index (χ0v) is 15.2. The molecule has 3 fully saturated rings. The number of likely N-dealkylation sites (tertiary alicyclic amines) is 1. The van der Waals surface area contributed by atoms with Crippen LogP contribution in [0.2, 0.25) is 0 Å². The summed E-state index contributed by atoms with van der Waals surface area (Å²) in [5.74, 6) is 0.0678. The van der Waals surface area contributed by atoms with Crippen LogP contribution in [0.3, 0.4) is 0 Å². The fourth-order valence-electron chi connectivity index (χ4n) is 4.29. The lowest BCUT2D eigenvalue weighted by Crippen LogP contribution is -2.34. The molecule has 1 aromatic rings. The Morgan fingerprint density at radius 1 is 1.30 bits per heavy atom. The smallest absolute Gasteiger partial charge is 0.414 e. The lowest BCUT2D eigenvalue weighted by molar-refractivity contribution is -0.133. The number of rotatable bonds is 5. The van der Waals surface area contributed by atoms with Gasteiger partial charge in [-0.05, 0) is 30.0 Å². The van der Waals surface area contributed by atoms with Crippen LogP contribution in [0.4, 0.5) is 10.5 Å². The minimum Gasteiger partial charge on any atom is -0.442 e. The predicted molar refractivity (Wildman–Crippen MR) is 96.2 cm³/mol. The topological polar surface area (TPSA) is 99.2 Å². The standard InChI is InChI=1S/C19H23N3O5/c1-12(24)20-7-16-9-22(18(26)27-16)15-4-2-13(3-5-15)19-6-14(19)8-21(11-19)17(25)10-23/h2-5,14,16,23H,6-11H2,1H3,(H,20,24)/t14-,16-,19+/m0/s1. The summed E-state index contributed by atoms with van der Waals surface area (Å²) in [5, 5.41) is 11.7. The summed E-state index contributed by atoms with van der Waals surface area (Å²) in [5.41, 5.74) is 1.90. The minimum atomic E-state index is -0.446. The number of nitrogens with one attached hydrogen (secondary N) is 1. The van der Waals surface area contributed by atoms with E-state index in [-0.39, 0.29) is 23.3 Å². The highest BCUT2D eigenvalue weighted by atomic mass is 16.6. The van der Waals surface area contributed by atoms with Crippen molar-refractivity contribution in [1.82, 2.24) is 10.2 Å². The van der Waals surface area contributed by atoms with Gasteiger partial charge in [0.15, 0.2) is 0 Å². The third kappa shape index (κ3) is 3.14. The summed E-state index contributed by atoms with van der Waals surface area (Å²) in [6.45, 7) is 3.01. The fraction of sp³-hybridized carbons (Fsp3) is 0.526. The predicted octanol–water partition coefficient (Wildman–Crippen LogP) is 0.240. The summed E-state index contributed by atoms with van der Waals surface area (Å²) in [4.78, 5) is 38.2. The van der Waals surface area contributed by atoms with Gasteiger partial charge in [-0.3, -0.25) is 14.5 Å². The number of piperidine rings is 1. The van der Waals surface area contributed by atoms with E-state index in [1.54, 1.807) is 9.80 Å². The summed E-state index contributed by atoms with van der Waals surface area (Å²) in [6, 6.07) is 7.82. The number of benzene rings is 1. The zero-order chi connectivity index (χ0) is 19.2. The van der Waals surface area contributed by atoms with Crippen molar-refractivity contribution in [3.8, 4) is 0 Å². The molecule has 8 nitrogen and oxygen atoms in total. The number of hydrogen-bond donors (Lipinski definition) is 2. The van der Waals surface area contributed by atoms with Gasteiger partial charge in [-0.1, -0.05) is 12.1 Å². The van der Waals surface area contributed by atoms with Gasteiger partial charge in [0.2, 0.25) is 11.8 Å². The first-order chi connectivity index (χ1) is 12.9. The van der Waals surface area contributed by atoms with Crippen LogP contribution in [-0.2, 0) is 19.7 Å². The Morgan fingerprint density at radius 2 is 2.04 bits per heavy atom. The average Bonchev–Trinajstić information content (AvgIpc) is 3.03. The van der Waals surface area contributed by atoms with Gasteiger partial charge in [-0.15, -0.1) is 0 Å². The molecule has 0 bridgehead atoms. The van der Waals surface area contributed by atoms with Crippen molar-refractivity contribution in [3.63, 3.8) is 0 Å². The number of nitrogens with zero attached hydrogens (tertiary/aromatic N) is 2. The quantitative estimate of drug-likeness (QED) is 0.770. The molecular weight excluding hydrogens is 350 g/mol. The number of carbonyl (C=O) groups excluding carboxylic acids is 3. The lowest BCUT2D eigenvalue weighted by Gasteiger charge is -2.21. The zero-order valence-electron chi connectivity index (χ0n) is 15.2. The molecule has 1 saturated carbocycles. The largest absolute Gasteiger partial charge is 0.442 e. The van der Waals surface area contributed by atoms with E-state index >= 15 is 0 Å². The Balaban J connectivity index is 1.42. The van der Waals surface area contributed by atoms with E-state index in [0.29, 0.717) is 32.1 Å². The number of hydrogen-bond acceptors (Lipinski definition) is 5. The number of fused-ring (bicyclic) bond motifs is 1. The van der Waals surface area contributed by atoms with Crippen molar-refractivity contribution >= 4 is 23.6 Å². The summed E-state index contributed by atoms with van der Waals surface area (Å²) < 4.78 is 5.29. The van der Waals surface area contributed by atoms with Gasteiger partial charge >= 0.3 is 6.09 Å². The highest BCUT2D eigenvalue weighted by Gasteiger charge is 2.61. The highest BCUT2D eigenvalue weighted by Crippen LogP contribution is 2.59. The third-order valence-electron chi connectivity index (χ3n) is 5.84. The average molecular weight is 373 g/mol. The van der Waals surface area contributed by atoms with Crippen LogP contribution in [-0.4, -0.2) is 66.8 Å². The Labute approximate surface area is 157 Å². The maximum atomic E-state index is 12.1. The number of ether oxygens (including phenoxy) is 1. The number of cyclic esters (lactones) is 1. The molecule has 0 radical (unpaired) electrons. The number of anilines is 1. The molecule has 2 saturated heterocycles. The number of aliphatic hydroxyl groups excluding tert-OH is 1. The van der Waals surface area contributed by atoms with E-state index in [1.165, 1.54) is 6.92 Å². The maximum absolute atomic E-state index is 12.1. The number of amides is 3. The molecule has 3 aliphatic rings. The molecule has 2 heterocycles. The van der Waals surface area contributed by atoms with Gasteiger partial charge in [-0.25, -0.2) is 4.79 Å². The molecule has 8 heteroatoms. The van der Waals surface area contributed by atoms with Crippen molar-refractivity contribution < 1.29 is 24.2 Å². The van der Waals surface area contributed by atoms with Crippen molar-refractivity contribution in [1.29, 1.82) is 0 Å². The van der Waals surface area contributed by atoms with E-state index in [2.05, 4.69) is 5.32 Å². The second-order valence-electron chi connectivity index (χ2n) is 7.59. The molecule has 4 rings (SSSR count). The molecule has 3 atom stereocenters. The van der Waals surface area contributed by atoms with Crippen LogP contribution in [0.5, 0.6) is 0 Å². The van der Waals surface area contributed by atoms with Crippen LogP contribution in [0.25, 0.3) is 0 Å². The van der Waals surface area contributed by atoms with Gasteiger partial charge in [0.1, 0.15) is 12.7 Å². The molecule has 2 aliphatic heterocycles. The first-order valence-corrected chi connectivity index (χ1v) is 9.15. The van der Waals surface area contributed by atoms with Gasteiger partial charge in [-0.2, -0.15) is 0 Å². The van der Waals surface area contributed by atoms with Gasteiger partial charge in [0.25, 0.3) is 0 Å². The first-order valence-electron chi connectivity index (χ1n) is 9.15. The van der Waals surface area contributed by atoms with E-state index in [4.69, 9.17) is 9.84 Å². The van der Waals surface area contributed by atoms with Gasteiger partial charge in [0.05, 0.1) is 13.1 Å². The molecular formula is C19H23N3O5. The first kappa shape index (κ1) is 17.8. The van der Waals surface area contributed by atoms with Crippen LogP contribution in [0.1, 0.15) is 18.9 Å². The molecule has 144 valence electrons. The molecule has 27 heavy (non-hydrogen) atoms. The van der Waals surface area contributed by atoms with Crippen LogP contribution < -0.4 is 10.2 Å². The van der Waals surface area contributed by atoms with Crippen molar-refractivity contribution in [3.05, 3.63) is 29.8 Å². The fourth-order valence-corrected chi connectivity index (χ4v) is 4.29. The second-order valence-corrected chi connectivity index (χ2v) is 7.59. The van der Waals surface area contributed by atoms with Crippen molar-refractivity contribution in [2.45, 2.75) is 24.9 Å². The van der Waals surface area contributed by atoms with E-state index < -0.39 is 12.7 Å². The molecule has 1 aliphatic carbocycles. The normalized spacial score (nSPS) is 28.7. The lowest BCUT2D eigenvalue weighted by atomic mass is 9.94.